The van der Waals surface area contributed by atoms with Gasteiger partial charge in [0.05, 0.1) is 10.8 Å². The molecule has 16 aliphatic rings. The van der Waals surface area contributed by atoms with Gasteiger partial charge in [-0.3, -0.25) is 9.59 Å². The fraction of sp³-hybridized carbons (Fsp3) is 0.944. The lowest BCUT2D eigenvalue weighted by Gasteiger charge is -2.83. The quantitative estimate of drug-likeness (QED) is 0.359. The number of hydrogen-bond acceptors (Lipinski definition) is 6. The predicted molar refractivity (Wildman–Crippen MR) is 150 cm³/mol. The van der Waals surface area contributed by atoms with Crippen molar-refractivity contribution in [2.24, 2.45) is 75.4 Å². The summed E-state index contributed by atoms with van der Waals surface area (Å²) in [5, 5.41) is 0. The number of rotatable bonds is 6. The fourth-order valence-corrected chi connectivity index (χ4v) is 15.7. The van der Waals surface area contributed by atoms with Crippen molar-refractivity contribution in [3.63, 3.8) is 0 Å². The molecule has 0 radical (unpaired) electrons. The van der Waals surface area contributed by atoms with E-state index in [1.807, 2.05) is 0 Å². The van der Waals surface area contributed by atoms with Crippen molar-refractivity contribution in [1.29, 1.82) is 0 Å². The minimum atomic E-state index is -0.541. The van der Waals surface area contributed by atoms with E-state index in [4.69, 9.17) is 18.9 Å². The summed E-state index contributed by atoms with van der Waals surface area (Å²) in [5.41, 5.74) is -0.374. The maximum Gasteiger partial charge on any atom is 0.312 e. The topological polar surface area (TPSA) is 71.1 Å². The molecule has 15 saturated carbocycles. The van der Waals surface area contributed by atoms with Gasteiger partial charge < -0.3 is 18.9 Å². The van der Waals surface area contributed by atoms with E-state index in [-0.39, 0.29) is 53.6 Å². The second-order valence-corrected chi connectivity index (χ2v) is 18.4. The molecule has 0 amide bonds. The van der Waals surface area contributed by atoms with Crippen LogP contribution in [0.5, 0.6) is 0 Å². The smallest absolute Gasteiger partial charge is 0.312 e. The number of esters is 2. The van der Waals surface area contributed by atoms with Gasteiger partial charge in [0.25, 0.3) is 0 Å². The molecule has 2 spiro atoms. The highest BCUT2D eigenvalue weighted by Gasteiger charge is 2.87. The van der Waals surface area contributed by atoms with Gasteiger partial charge in [-0.1, -0.05) is 0 Å². The number of hydrogen-bond donors (Lipinski definition) is 0. The van der Waals surface area contributed by atoms with Crippen LogP contribution < -0.4 is 0 Å². The van der Waals surface area contributed by atoms with Crippen LogP contribution in [0.1, 0.15) is 103 Å². The van der Waals surface area contributed by atoms with Crippen molar-refractivity contribution in [2.45, 2.75) is 121 Å². The lowest BCUT2D eigenvalue weighted by molar-refractivity contribution is -0.471. The molecule has 0 aromatic heterocycles. The van der Waals surface area contributed by atoms with E-state index < -0.39 is 5.79 Å². The average Bonchev–Trinajstić information content (AvgIpc) is 3.33. The molecule has 16 fully saturated rings. The molecule has 7 unspecified atom stereocenters. The van der Waals surface area contributed by atoms with Crippen molar-refractivity contribution >= 4 is 11.9 Å². The number of carbonyl (C=O) groups is 2. The van der Waals surface area contributed by atoms with E-state index in [1.165, 1.54) is 64.2 Å². The first-order valence-corrected chi connectivity index (χ1v) is 18.0. The second-order valence-electron chi connectivity index (χ2n) is 18.4. The maximum absolute atomic E-state index is 13.8. The van der Waals surface area contributed by atoms with Crippen LogP contribution >= 0.6 is 0 Å². The van der Waals surface area contributed by atoms with Crippen LogP contribution in [-0.4, -0.2) is 43.1 Å². The predicted octanol–water partition coefficient (Wildman–Crippen LogP) is 6.05. The molecule has 1 saturated heterocycles. The molecule has 0 N–H and O–H groups in total. The molecule has 0 aromatic rings. The molecular formula is C36H48O6. The molecule has 6 nitrogen and oxygen atoms in total. The van der Waals surface area contributed by atoms with Gasteiger partial charge in [0.1, 0.15) is 25.4 Å². The Hall–Kier alpha value is -1.14. The third-order valence-electron chi connectivity index (χ3n) is 16.0. The van der Waals surface area contributed by atoms with Crippen molar-refractivity contribution in [1.82, 2.24) is 0 Å². The summed E-state index contributed by atoms with van der Waals surface area (Å²) in [5.74, 6) is 6.69. The van der Waals surface area contributed by atoms with E-state index in [0.29, 0.717) is 41.4 Å². The van der Waals surface area contributed by atoms with Crippen LogP contribution in [0.2, 0.25) is 0 Å². The molecule has 42 heavy (non-hydrogen) atoms. The van der Waals surface area contributed by atoms with Crippen LogP contribution in [-0.2, 0) is 28.5 Å². The lowest BCUT2D eigenvalue weighted by Crippen LogP contribution is -2.84. The molecule has 228 valence electrons. The maximum atomic E-state index is 13.8. The van der Waals surface area contributed by atoms with Crippen molar-refractivity contribution in [3.8, 4) is 0 Å². The zero-order chi connectivity index (χ0) is 27.6. The molecule has 16 rings (SSSR count). The Bertz CT molecular complexity index is 1100. The summed E-state index contributed by atoms with van der Waals surface area (Å²) in [7, 11) is 0. The molecule has 1 aliphatic heterocycles. The van der Waals surface area contributed by atoms with E-state index in [1.54, 1.807) is 0 Å². The molecule has 7 atom stereocenters. The summed E-state index contributed by atoms with van der Waals surface area (Å²) >= 11 is 0. The Labute approximate surface area is 249 Å². The molecule has 1 heterocycles. The van der Waals surface area contributed by atoms with Crippen LogP contribution in [0.3, 0.4) is 0 Å². The van der Waals surface area contributed by atoms with Gasteiger partial charge in [-0.15, -0.1) is 0 Å². The van der Waals surface area contributed by atoms with Crippen molar-refractivity contribution < 1.29 is 28.5 Å². The summed E-state index contributed by atoms with van der Waals surface area (Å²) < 4.78 is 26.5. The van der Waals surface area contributed by atoms with Crippen molar-refractivity contribution in [2.75, 3.05) is 13.2 Å². The summed E-state index contributed by atoms with van der Waals surface area (Å²) in [6.45, 7) is 0.477. The third-order valence-corrected chi connectivity index (χ3v) is 16.0. The Kier molecular flexibility index (Phi) is 4.77. The van der Waals surface area contributed by atoms with Gasteiger partial charge in [-0.2, -0.15) is 0 Å². The number of ether oxygens (including phenoxy) is 4. The minimum Gasteiger partial charge on any atom is -0.462 e. The Morgan fingerprint density at radius 1 is 0.548 bits per heavy atom. The first-order valence-electron chi connectivity index (χ1n) is 18.0. The molecule has 13 bridgehead atoms. The second kappa shape index (κ2) is 7.98. The summed E-state index contributed by atoms with van der Waals surface area (Å²) in [6, 6.07) is 0. The number of carbonyl (C=O) groups excluding carboxylic acids is 2. The van der Waals surface area contributed by atoms with Crippen LogP contribution in [0.4, 0.5) is 0 Å². The largest absolute Gasteiger partial charge is 0.462 e. The van der Waals surface area contributed by atoms with Gasteiger partial charge in [-0.05, 0) is 156 Å². The van der Waals surface area contributed by atoms with E-state index in [9.17, 15) is 9.59 Å². The molecule has 15 aliphatic carbocycles. The highest BCUT2D eigenvalue weighted by atomic mass is 16.8. The standard InChI is InChI=1S/C36H48O6/c37-31(33-9-19-1-20(10-33)3-21(2-19)11-33)39-17-28-29(18-40-32(38)34-12-22-4-23(13-34)6-24(5-22)14-34)42-36(41-28)27-8-25-7-26-16-35(36,15-25)30(26)27/h19-30H,1-18H2. The van der Waals surface area contributed by atoms with Crippen LogP contribution in [0, 0.1) is 75.4 Å². The van der Waals surface area contributed by atoms with Gasteiger partial charge in [0.2, 0.25) is 0 Å². The van der Waals surface area contributed by atoms with E-state index >= 15 is 0 Å². The molecule has 6 heteroatoms. The fourth-order valence-electron chi connectivity index (χ4n) is 15.7. The Balaban J connectivity index is 0.829. The minimum absolute atomic E-state index is 0.0187. The highest BCUT2D eigenvalue weighted by Crippen LogP contribution is 2.85. The summed E-state index contributed by atoms with van der Waals surface area (Å²) in [4.78, 5) is 27.6. The summed E-state index contributed by atoms with van der Waals surface area (Å²) in [6.07, 6.45) is 18.4. The Morgan fingerprint density at radius 3 is 1.36 bits per heavy atom. The van der Waals surface area contributed by atoms with E-state index in [0.717, 1.165) is 56.3 Å². The lowest BCUT2D eigenvalue weighted by atomic mass is 9.25. The van der Waals surface area contributed by atoms with Crippen LogP contribution in [0.15, 0.2) is 0 Å². The average molecular weight is 577 g/mol. The molecular weight excluding hydrogens is 528 g/mol. The normalized spacial score (nSPS) is 61.3. The SMILES string of the molecule is O=C(OCC1OC2(OC1COC(=O)C13CC4CC(CC(C4)C1)C3)C1CC3CC4CC2(C3)C41)C12CC3CC(CC(C3)C1)C2. The van der Waals surface area contributed by atoms with Gasteiger partial charge in [0, 0.05) is 11.3 Å². The zero-order valence-corrected chi connectivity index (χ0v) is 25.1. The monoisotopic (exact) mass is 576 g/mol. The highest BCUT2D eigenvalue weighted by molar-refractivity contribution is 5.78. The Morgan fingerprint density at radius 2 is 0.976 bits per heavy atom. The van der Waals surface area contributed by atoms with E-state index in [2.05, 4.69) is 0 Å². The van der Waals surface area contributed by atoms with Gasteiger partial charge in [-0.25, -0.2) is 0 Å². The first-order chi connectivity index (χ1) is 20.3. The van der Waals surface area contributed by atoms with Gasteiger partial charge in [0.15, 0.2) is 5.79 Å². The van der Waals surface area contributed by atoms with Crippen LogP contribution in [0.25, 0.3) is 0 Å². The molecule has 0 aromatic carbocycles. The van der Waals surface area contributed by atoms with Crippen molar-refractivity contribution in [3.05, 3.63) is 0 Å². The first kappa shape index (κ1) is 25.1. The van der Waals surface area contributed by atoms with Gasteiger partial charge >= 0.3 is 11.9 Å². The third kappa shape index (κ3) is 3.02. The zero-order valence-electron chi connectivity index (χ0n) is 25.1.